The van der Waals surface area contributed by atoms with Crippen LogP contribution in [-0.2, 0) is 11.8 Å². The van der Waals surface area contributed by atoms with Crippen molar-refractivity contribution in [3.8, 4) is 11.3 Å². The van der Waals surface area contributed by atoms with Gasteiger partial charge in [0.2, 0.25) is 0 Å². The van der Waals surface area contributed by atoms with E-state index in [9.17, 15) is 0 Å². The first kappa shape index (κ1) is 23.3. The lowest BCUT2D eigenvalue weighted by Gasteiger charge is -2.26. The molecule has 0 spiro atoms. The summed E-state index contributed by atoms with van der Waals surface area (Å²) in [6.45, 7) is 13.4. The summed E-state index contributed by atoms with van der Waals surface area (Å²) in [7, 11) is 0. The van der Waals surface area contributed by atoms with Crippen LogP contribution in [0.5, 0.6) is 0 Å². The highest BCUT2D eigenvalue weighted by molar-refractivity contribution is 6.10. The number of benzene rings is 2. The number of furan rings is 1. The van der Waals surface area contributed by atoms with E-state index in [2.05, 4.69) is 108 Å². The molecule has 0 aliphatic rings. The van der Waals surface area contributed by atoms with Crippen LogP contribution >= 0.6 is 0 Å². The number of aromatic nitrogens is 2. The van der Waals surface area contributed by atoms with Gasteiger partial charge >= 0.3 is 0 Å². The number of nitrogens with zero attached hydrogens (tertiary/aromatic N) is 2. The van der Waals surface area contributed by atoms with Crippen LogP contribution in [0.15, 0.2) is 77.3 Å². The molecule has 3 heteroatoms. The zero-order valence-corrected chi connectivity index (χ0v) is 21.6. The molecule has 0 aliphatic heterocycles. The highest BCUT2D eigenvalue weighted by atomic mass is 16.3. The maximum atomic E-state index is 6.62. The molecule has 5 aromatic rings. The van der Waals surface area contributed by atoms with Gasteiger partial charge in [0.15, 0.2) is 5.58 Å². The molecule has 0 unspecified atom stereocenters. The Kier molecular flexibility index (Phi) is 5.96. The van der Waals surface area contributed by atoms with E-state index in [4.69, 9.17) is 14.4 Å². The smallest absolute Gasteiger partial charge is 0.157 e. The maximum absolute atomic E-state index is 6.62. The molecular formula is C32H34N2O. The summed E-state index contributed by atoms with van der Waals surface area (Å²) in [6.07, 6.45) is 2.95. The van der Waals surface area contributed by atoms with E-state index in [1.807, 2.05) is 6.20 Å². The molecule has 3 heterocycles. The SMILES string of the molecule is CC(C)Cc1ccnc(-c2cccc3c2oc2c(C(C)C)nc(C(C)(C)c4ccccc4)cc23)c1. The van der Waals surface area contributed by atoms with Crippen LogP contribution in [-0.4, -0.2) is 9.97 Å². The average Bonchev–Trinajstić information content (AvgIpc) is 3.22. The minimum Gasteiger partial charge on any atom is -0.453 e. The van der Waals surface area contributed by atoms with Gasteiger partial charge in [-0.15, -0.1) is 0 Å². The van der Waals surface area contributed by atoms with E-state index < -0.39 is 0 Å². The van der Waals surface area contributed by atoms with Gasteiger partial charge in [0, 0.05) is 27.9 Å². The van der Waals surface area contributed by atoms with E-state index in [1.165, 1.54) is 11.1 Å². The van der Waals surface area contributed by atoms with Crippen molar-refractivity contribution in [2.24, 2.45) is 5.92 Å². The highest BCUT2D eigenvalue weighted by Crippen LogP contribution is 2.41. The fourth-order valence-corrected chi connectivity index (χ4v) is 4.96. The largest absolute Gasteiger partial charge is 0.453 e. The van der Waals surface area contributed by atoms with Gasteiger partial charge in [-0.1, -0.05) is 84.0 Å². The van der Waals surface area contributed by atoms with Crippen LogP contribution in [0.25, 0.3) is 33.2 Å². The molecule has 3 aromatic heterocycles. The number of para-hydroxylation sites is 1. The Hall–Kier alpha value is -3.46. The molecule has 5 rings (SSSR count). The van der Waals surface area contributed by atoms with Crippen molar-refractivity contribution in [2.75, 3.05) is 0 Å². The number of hydrogen-bond donors (Lipinski definition) is 0. The van der Waals surface area contributed by atoms with Crippen LogP contribution in [0, 0.1) is 5.92 Å². The van der Waals surface area contributed by atoms with Crippen LogP contribution in [0.2, 0.25) is 0 Å². The zero-order valence-electron chi connectivity index (χ0n) is 21.6. The first-order valence-electron chi connectivity index (χ1n) is 12.6. The maximum Gasteiger partial charge on any atom is 0.157 e. The monoisotopic (exact) mass is 462 g/mol. The molecule has 35 heavy (non-hydrogen) atoms. The standard InChI is InChI=1S/C32H34N2O/c1-20(2)17-22-15-16-33-27(18-22)25-14-10-13-24-26-19-28(32(5,6)23-11-8-7-9-12-23)34-29(21(3)4)31(26)35-30(24)25/h7-16,18-21H,17H2,1-6H3. The van der Waals surface area contributed by atoms with E-state index in [0.29, 0.717) is 5.92 Å². The van der Waals surface area contributed by atoms with Crippen molar-refractivity contribution in [3.05, 3.63) is 95.4 Å². The molecule has 0 atom stereocenters. The van der Waals surface area contributed by atoms with Gasteiger partial charge in [-0.25, -0.2) is 0 Å². The topological polar surface area (TPSA) is 38.9 Å². The fourth-order valence-electron chi connectivity index (χ4n) is 4.96. The molecule has 2 aromatic carbocycles. The summed E-state index contributed by atoms with van der Waals surface area (Å²) in [5.41, 5.74) is 8.14. The molecule has 0 aliphatic carbocycles. The molecular weight excluding hydrogens is 428 g/mol. The molecule has 3 nitrogen and oxygen atoms in total. The minimum absolute atomic E-state index is 0.229. The van der Waals surface area contributed by atoms with Crippen molar-refractivity contribution < 1.29 is 4.42 Å². The Bertz CT molecular complexity index is 1490. The lowest BCUT2D eigenvalue weighted by molar-refractivity contribution is 0.602. The normalized spacial score (nSPS) is 12.3. The highest BCUT2D eigenvalue weighted by Gasteiger charge is 2.28. The van der Waals surface area contributed by atoms with Crippen LogP contribution in [0.3, 0.4) is 0 Å². The lowest BCUT2D eigenvalue weighted by Crippen LogP contribution is -2.21. The van der Waals surface area contributed by atoms with Gasteiger partial charge in [0.25, 0.3) is 0 Å². The third kappa shape index (κ3) is 4.25. The van der Waals surface area contributed by atoms with Crippen LogP contribution in [0.1, 0.15) is 70.0 Å². The first-order chi connectivity index (χ1) is 16.8. The second-order valence-corrected chi connectivity index (χ2v) is 10.8. The molecule has 0 saturated carbocycles. The van der Waals surface area contributed by atoms with Gasteiger partial charge in [-0.05, 0) is 53.6 Å². The molecule has 0 saturated heterocycles. The Balaban J connectivity index is 1.74. The predicted molar refractivity (Wildman–Crippen MR) is 146 cm³/mol. The van der Waals surface area contributed by atoms with Crippen molar-refractivity contribution in [2.45, 2.75) is 59.3 Å². The van der Waals surface area contributed by atoms with Gasteiger partial charge in [-0.2, -0.15) is 0 Å². The summed E-state index contributed by atoms with van der Waals surface area (Å²) in [5, 5.41) is 2.24. The number of pyridine rings is 2. The van der Waals surface area contributed by atoms with Gasteiger partial charge in [0.05, 0.1) is 17.1 Å². The predicted octanol–water partition coefficient (Wildman–Crippen LogP) is 8.69. The van der Waals surface area contributed by atoms with Crippen LogP contribution < -0.4 is 0 Å². The van der Waals surface area contributed by atoms with Crippen molar-refractivity contribution >= 4 is 21.9 Å². The Morgan fingerprint density at radius 1 is 0.829 bits per heavy atom. The number of rotatable bonds is 6. The third-order valence-corrected chi connectivity index (χ3v) is 6.94. The summed E-state index contributed by atoms with van der Waals surface area (Å²) >= 11 is 0. The Labute approximate surface area is 208 Å². The number of hydrogen-bond acceptors (Lipinski definition) is 3. The van der Waals surface area contributed by atoms with Gasteiger partial charge < -0.3 is 4.42 Å². The van der Waals surface area contributed by atoms with E-state index >= 15 is 0 Å². The molecule has 0 bridgehead atoms. The van der Waals surface area contributed by atoms with Crippen molar-refractivity contribution in [1.29, 1.82) is 0 Å². The average molecular weight is 463 g/mol. The van der Waals surface area contributed by atoms with E-state index in [0.717, 1.165) is 51.0 Å². The molecule has 178 valence electrons. The van der Waals surface area contributed by atoms with Crippen molar-refractivity contribution in [1.82, 2.24) is 9.97 Å². The fraction of sp³-hybridized carbons (Fsp3) is 0.312. The van der Waals surface area contributed by atoms with Gasteiger partial charge in [-0.3, -0.25) is 9.97 Å². The third-order valence-electron chi connectivity index (χ3n) is 6.94. The van der Waals surface area contributed by atoms with E-state index in [1.54, 1.807) is 0 Å². The molecule has 0 fully saturated rings. The second kappa shape index (κ2) is 8.96. The summed E-state index contributed by atoms with van der Waals surface area (Å²) in [4.78, 5) is 9.90. The summed E-state index contributed by atoms with van der Waals surface area (Å²) in [6, 6.07) is 23.5. The quantitative estimate of drug-likeness (QED) is 0.253. The second-order valence-electron chi connectivity index (χ2n) is 10.8. The van der Waals surface area contributed by atoms with Gasteiger partial charge in [0.1, 0.15) is 5.58 Å². The molecule has 0 N–H and O–H groups in total. The molecule has 0 amide bonds. The van der Waals surface area contributed by atoms with Crippen LogP contribution in [0.4, 0.5) is 0 Å². The Morgan fingerprint density at radius 3 is 2.31 bits per heavy atom. The summed E-state index contributed by atoms with van der Waals surface area (Å²) in [5.74, 6) is 0.832. The number of fused-ring (bicyclic) bond motifs is 3. The minimum atomic E-state index is -0.229. The zero-order chi connectivity index (χ0) is 24.7. The summed E-state index contributed by atoms with van der Waals surface area (Å²) < 4.78 is 6.62. The van der Waals surface area contributed by atoms with Crippen molar-refractivity contribution in [3.63, 3.8) is 0 Å². The Morgan fingerprint density at radius 2 is 1.60 bits per heavy atom. The molecule has 0 radical (unpaired) electrons. The lowest BCUT2D eigenvalue weighted by atomic mass is 9.80. The van der Waals surface area contributed by atoms with E-state index in [-0.39, 0.29) is 11.3 Å². The first-order valence-corrected chi connectivity index (χ1v) is 12.6.